The van der Waals surface area contributed by atoms with Gasteiger partial charge in [-0.05, 0) is 74.0 Å². The number of halogens is 1. The molecule has 2 N–H and O–H groups in total. The number of nitrogens with zero attached hydrogens (tertiary/aromatic N) is 1. The van der Waals surface area contributed by atoms with Crippen molar-refractivity contribution in [3.8, 4) is 5.75 Å². The summed E-state index contributed by atoms with van der Waals surface area (Å²) in [6, 6.07) is 13.9. The molecule has 3 aromatic rings. The van der Waals surface area contributed by atoms with Gasteiger partial charge >= 0.3 is 0 Å². The molecule has 2 fully saturated rings. The van der Waals surface area contributed by atoms with Gasteiger partial charge < -0.3 is 20.1 Å². The number of Topliss-reactive ketones (excluding diaryl/α,β-unsaturated/α-hetero) is 1. The first-order valence-electron chi connectivity index (χ1n) is 11.7. The maximum atomic E-state index is 13.0. The Bertz CT molecular complexity index is 1170. The van der Waals surface area contributed by atoms with Crippen LogP contribution in [-0.4, -0.2) is 53.5 Å². The van der Waals surface area contributed by atoms with Gasteiger partial charge in [-0.3, -0.25) is 9.59 Å². The fourth-order valence-electron chi connectivity index (χ4n) is 4.30. The fourth-order valence-corrected chi connectivity index (χ4v) is 5.53. The molecule has 1 aliphatic heterocycles. The summed E-state index contributed by atoms with van der Waals surface area (Å²) in [5, 5.41) is 15.4. The molecule has 1 saturated heterocycles. The van der Waals surface area contributed by atoms with Gasteiger partial charge in [-0.1, -0.05) is 35.9 Å². The van der Waals surface area contributed by atoms with Crippen LogP contribution in [0.1, 0.15) is 47.0 Å². The number of aliphatic hydroxyl groups excluding tert-OH is 1. The maximum Gasteiger partial charge on any atom is 0.293 e. The molecule has 8 heteroatoms. The first-order valence-corrected chi connectivity index (χ1v) is 12.9. The van der Waals surface area contributed by atoms with E-state index >= 15 is 0 Å². The van der Waals surface area contributed by atoms with Gasteiger partial charge in [0, 0.05) is 11.2 Å². The number of likely N-dealkylation sites (tertiary alicyclic amines) is 1. The zero-order valence-electron chi connectivity index (χ0n) is 18.7. The van der Waals surface area contributed by atoms with Crippen LogP contribution in [0.2, 0.25) is 5.02 Å². The van der Waals surface area contributed by atoms with Gasteiger partial charge in [0.05, 0.1) is 22.0 Å². The van der Waals surface area contributed by atoms with Crippen molar-refractivity contribution in [2.24, 2.45) is 0 Å². The number of fused-ring (bicyclic) bond motifs is 1. The Morgan fingerprint density at radius 1 is 1.15 bits per heavy atom. The highest BCUT2D eigenvalue weighted by Gasteiger charge is 2.30. The third kappa shape index (κ3) is 5.28. The third-order valence-corrected chi connectivity index (χ3v) is 7.73. The zero-order chi connectivity index (χ0) is 23.7. The Labute approximate surface area is 207 Å². The molecule has 2 aliphatic rings. The largest absolute Gasteiger partial charge is 0.489 e. The quantitative estimate of drug-likeness (QED) is 0.333. The number of nitrogens with one attached hydrogen (secondary N) is 1. The van der Waals surface area contributed by atoms with Crippen LogP contribution in [0.3, 0.4) is 0 Å². The monoisotopic (exact) mass is 498 g/mol. The number of ketones is 1. The summed E-state index contributed by atoms with van der Waals surface area (Å²) in [6.07, 6.45) is 3.41. The van der Waals surface area contributed by atoms with Crippen molar-refractivity contribution in [3.05, 3.63) is 64.0 Å². The van der Waals surface area contributed by atoms with Crippen molar-refractivity contribution < 1.29 is 19.4 Å². The lowest BCUT2D eigenvalue weighted by molar-refractivity contribution is -0.118. The molecule has 178 valence electrons. The van der Waals surface area contributed by atoms with Crippen LogP contribution in [0, 0.1) is 0 Å². The van der Waals surface area contributed by atoms with E-state index < -0.39 is 23.8 Å². The number of thiophene rings is 1. The molecule has 2 aromatic carbocycles. The first kappa shape index (κ1) is 23.3. The second-order valence-electron chi connectivity index (χ2n) is 9.02. The van der Waals surface area contributed by atoms with Crippen LogP contribution in [0.4, 0.5) is 0 Å². The molecule has 1 aromatic heterocycles. The van der Waals surface area contributed by atoms with Crippen molar-refractivity contribution in [1.29, 1.82) is 0 Å². The second-order valence-corrected chi connectivity index (χ2v) is 10.5. The minimum absolute atomic E-state index is 0.218. The van der Waals surface area contributed by atoms with E-state index in [4.69, 9.17) is 16.3 Å². The minimum atomic E-state index is -1.02. The number of carbonyl (C=O) groups is 2. The number of aliphatic hydroxyl groups is 1. The van der Waals surface area contributed by atoms with Crippen molar-refractivity contribution in [2.45, 2.75) is 43.9 Å². The number of benzene rings is 2. The first-order chi connectivity index (χ1) is 16.5. The summed E-state index contributed by atoms with van der Waals surface area (Å²) in [5.74, 6) is -0.708. The van der Waals surface area contributed by atoms with Gasteiger partial charge in [0.15, 0.2) is 0 Å². The Morgan fingerprint density at radius 2 is 1.91 bits per heavy atom. The van der Waals surface area contributed by atoms with Crippen LogP contribution in [-0.2, 0) is 4.79 Å². The molecule has 6 nitrogen and oxygen atoms in total. The maximum absolute atomic E-state index is 13.0. The van der Waals surface area contributed by atoms with Gasteiger partial charge in [0.25, 0.3) is 11.7 Å². The molecule has 0 radical (unpaired) electrons. The predicted molar refractivity (Wildman–Crippen MR) is 134 cm³/mol. The van der Waals surface area contributed by atoms with Crippen LogP contribution in [0.5, 0.6) is 5.75 Å². The van der Waals surface area contributed by atoms with E-state index in [9.17, 15) is 14.7 Å². The van der Waals surface area contributed by atoms with Gasteiger partial charge in [0.2, 0.25) is 0 Å². The van der Waals surface area contributed by atoms with E-state index in [1.807, 2.05) is 24.3 Å². The lowest BCUT2D eigenvalue weighted by atomic mass is 10.0. The molecule has 1 aliphatic carbocycles. The summed E-state index contributed by atoms with van der Waals surface area (Å²) >= 11 is 7.71. The average Bonchev–Trinajstić information content (AvgIpc) is 3.31. The zero-order valence-corrected chi connectivity index (χ0v) is 20.3. The Hall–Kier alpha value is -2.45. The number of amides is 1. The van der Waals surface area contributed by atoms with E-state index in [-0.39, 0.29) is 6.10 Å². The molecule has 0 spiro atoms. The molecule has 34 heavy (non-hydrogen) atoms. The summed E-state index contributed by atoms with van der Waals surface area (Å²) < 4.78 is 6.75. The molecule has 1 amide bonds. The van der Waals surface area contributed by atoms with Gasteiger partial charge in [-0.15, -0.1) is 11.3 Å². The molecular formula is C26H27ClN2O4S. The standard InChI is InChI=1S/C26H27ClN2O4S/c27-19-13-17(7-10-21(19)33-18-8-9-18)24(30)20(15-29-11-3-4-12-29)28-26(32)25(31)23-14-16-5-1-2-6-22(16)34-23/h1-2,5-7,10,13-14,18,20,24,30H,3-4,8-9,11-12,15H2,(H,28,32)/t20-,24-/m1/s1. The molecule has 1 saturated carbocycles. The molecule has 0 bridgehead atoms. The molecule has 0 unspecified atom stereocenters. The van der Waals surface area contributed by atoms with Crippen LogP contribution in [0.25, 0.3) is 10.1 Å². The Kier molecular flexibility index (Phi) is 6.88. The van der Waals surface area contributed by atoms with Crippen LogP contribution in [0.15, 0.2) is 48.5 Å². The predicted octanol–water partition coefficient (Wildman–Crippen LogP) is 4.59. The highest BCUT2D eigenvalue weighted by Crippen LogP contribution is 2.34. The van der Waals surface area contributed by atoms with Crippen molar-refractivity contribution in [2.75, 3.05) is 19.6 Å². The van der Waals surface area contributed by atoms with Crippen molar-refractivity contribution in [1.82, 2.24) is 10.2 Å². The van der Waals surface area contributed by atoms with Gasteiger partial charge in [-0.25, -0.2) is 0 Å². The van der Waals surface area contributed by atoms with Crippen molar-refractivity contribution >= 4 is 44.7 Å². The van der Waals surface area contributed by atoms with E-state index in [0.29, 0.717) is 27.8 Å². The number of carbonyl (C=O) groups excluding carboxylic acids is 2. The van der Waals surface area contributed by atoms with Crippen molar-refractivity contribution in [3.63, 3.8) is 0 Å². The second kappa shape index (κ2) is 10.0. The number of hydrogen-bond donors (Lipinski definition) is 2. The lowest BCUT2D eigenvalue weighted by Gasteiger charge is -2.28. The number of rotatable bonds is 9. The normalized spacial score (nSPS) is 18.1. The fraction of sp³-hybridized carbons (Fsp3) is 0.385. The number of hydrogen-bond acceptors (Lipinski definition) is 6. The van der Waals surface area contributed by atoms with E-state index in [1.54, 1.807) is 24.3 Å². The Morgan fingerprint density at radius 3 is 2.62 bits per heavy atom. The van der Waals surface area contributed by atoms with Crippen LogP contribution >= 0.6 is 22.9 Å². The SMILES string of the molecule is O=C(N[C@H](CN1CCCC1)[C@H](O)c1ccc(OC2CC2)c(Cl)c1)C(=O)c1cc2ccccc2s1. The highest BCUT2D eigenvalue weighted by atomic mass is 35.5. The van der Waals surface area contributed by atoms with Gasteiger partial charge in [-0.2, -0.15) is 0 Å². The summed E-state index contributed by atoms with van der Waals surface area (Å²) in [6.45, 7) is 2.25. The topological polar surface area (TPSA) is 78.9 Å². The smallest absolute Gasteiger partial charge is 0.293 e. The minimum Gasteiger partial charge on any atom is -0.489 e. The number of ether oxygens (including phenoxy) is 1. The summed E-state index contributed by atoms with van der Waals surface area (Å²) in [7, 11) is 0. The lowest BCUT2D eigenvalue weighted by Crippen LogP contribution is -2.48. The molecule has 2 heterocycles. The Balaban J connectivity index is 1.33. The summed E-state index contributed by atoms with van der Waals surface area (Å²) in [4.78, 5) is 28.5. The highest BCUT2D eigenvalue weighted by molar-refractivity contribution is 7.21. The summed E-state index contributed by atoms with van der Waals surface area (Å²) in [5.41, 5.74) is 0.576. The third-order valence-electron chi connectivity index (χ3n) is 6.32. The van der Waals surface area contributed by atoms with E-state index in [1.165, 1.54) is 11.3 Å². The molecule has 5 rings (SSSR count). The van der Waals surface area contributed by atoms with E-state index in [2.05, 4.69) is 10.2 Å². The van der Waals surface area contributed by atoms with Crippen LogP contribution < -0.4 is 10.1 Å². The average molecular weight is 499 g/mol. The molecule has 2 atom stereocenters. The van der Waals surface area contributed by atoms with Gasteiger partial charge in [0.1, 0.15) is 11.9 Å². The molecular weight excluding hydrogens is 472 g/mol. The van der Waals surface area contributed by atoms with E-state index in [0.717, 1.165) is 48.9 Å².